The second-order valence-corrected chi connectivity index (χ2v) is 4.87. The Morgan fingerprint density at radius 1 is 1.44 bits per heavy atom. The van der Waals surface area contributed by atoms with Crippen molar-refractivity contribution in [3.63, 3.8) is 0 Å². The third-order valence-electron chi connectivity index (χ3n) is 2.39. The maximum absolute atomic E-state index is 12.2. The average molecular weight is 285 g/mol. The summed E-state index contributed by atoms with van der Waals surface area (Å²) in [5.41, 5.74) is 6.94. The van der Waals surface area contributed by atoms with Gasteiger partial charge < -0.3 is 10.6 Å². The summed E-state index contributed by atoms with van der Waals surface area (Å²) in [4.78, 5) is 14.0. The van der Waals surface area contributed by atoms with Gasteiger partial charge in [0, 0.05) is 28.3 Å². The highest BCUT2D eigenvalue weighted by Gasteiger charge is 2.17. The van der Waals surface area contributed by atoms with Crippen LogP contribution >= 0.6 is 15.9 Å². The number of halogens is 1. The van der Waals surface area contributed by atoms with E-state index in [1.54, 1.807) is 23.1 Å². The number of nitrogens with zero attached hydrogens (tertiary/aromatic N) is 1. The largest absolute Gasteiger partial charge is 0.399 e. The van der Waals surface area contributed by atoms with Gasteiger partial charge in [0.1, 0.15) is 0 Å². The first-order valence-corrected chi connectivity index (χ1v) is 6.12. The van der Waals surface area contributed by atoms with Gasteiger partial charge in [0.25, 0.3) is 5.91 Å². The number of amides is 1. The smallest absolute Gasteiger partial charge is 0.254 e. The summed E-state index contributed by atoms with van der Waals surface area (Å²) in [5, 5.41) is 0. The van der Waals surface area contributed by atoms with E-state index in [1.165, 1.54) is 0 Å². The lowest BCUT2D eigenvalue weighted by molar-refractivity contribution is 0.0717. The number of benzene rings is 1. The van der Waals surface area contributed by atoms with Crippen LogP contribution in [0.2, 0.25) is 0 Å². The molecule has 2 N–H and O–H groups in total. The zero-order chi connectivity index (χ0) is 12.3. The Hall–Kier alpha value is -1.03. The molecule has 0 bridgehead atoms. The van der Waals surface area contributed by atoms with E-state index in [1.807, 2.05) is 20.8 Å². The minimum absolute atomic E-state index is 0.0190. The van der Waals surface area contributed by atoms with E-state index in [0.29, 0.717) is 17.8 Å². The van der Waals surface area contributed by atoms with Crippen LogP contribution in [0.25, 0.3) is 0 Å². The number of hydrogen-bond acceptors (Lipinski definition) is 2. The Labute approximate surface area is 105 Å². The first kappa shape index (κ1) is 13.0. The van der Waals surface area contributed by atoms with Gasteiger partial charge in [-0.3, -0.25) is 4.79 Å². The van der Waals surface area contributed by atoms with Crippen LogP contribution in [0.1, 0.15) is 31.1 Å². The first-order chi connectivity index (χ1) is 7.45. The molecule has 0 atom stereocenters. The van der Waals surface area contributed by atoms with Crippen molar-refractivity contribution in [3.05, 3.63) is 28.2 Å². The van der Waals surface area contributed by atoms with Crippen molar-refractivity contribution in [3.8, 4) is 0 Å². The molecule has 1 rings (SSSR count). The molecular formula is C12H17BrN2O. The van der Waals surface area contributed by atoms with Crippen LogP contribution in [0.15, 0.2) is 22.7 Å². The number of carbonyl (C=O) groups is 1. The molecule has 0 unspecified atom stereocenters. The minimum Gasteiger partial charge on any atom is -0.399 e. The molecule has 4 heteroatoms. The van der Waals surface area contributed by atoms with E-state index in [2.05, 4.69) is 15.9 Å². The summed E-state index contributed by atoms with van der Waals surface area (Å²) < 4.78 is 0.829. The van der Waals surface area contributed by atoms with E-state index >= 15 is 0 Å². The third-order valence-corrected chi connectivity index (χ3v) is 2.85. The molecule has 0 heterocycles. The normalized spacial score (nSPS) is 10.6. The highest BCUT2D eigenvalue weighted by Crippen LogP contribution is 2.19. The minimum atomic E-state index is 0.0190. The summed E-state index contributed by atoms with van der Waals surface area (Å²) in [7, 11) is 0. The molecule has 16 heavy (non-hydrogen) atoms. The lowest BCUT2D eigenvalue weighted by Gasteiger charge is -2.25. The standard InChI is InChI=1S/C12H17BrN2O/c1-4-15(8(2)3)12(16)9-5-10(13)7-11(14)6-9/h5-8H,4,14H2,1-3H3. The molecule has 88 valence electrons. The summed E-state index contributed by atoms with van der Waals surface area (Å²) in [6.07, 6.45) is 0. The molecule has 0 aliphatic carbocycles. The predicted molar refractivity (Wildman–Crippen MR) is 70.4 cm³/mol. The molecule has 0 aliphatic heterocycles. The third kappa shape index (κ3) is 2.98. The van der Waals surface area contributed by atoms with E-state index in [4.69, 9.17) is 5.73 Å². The molecule has 0 spiro atoms. The van der Waals surface area contributed by atoms with Gasteiger partial charge in [-0.15, -0.1) is 0 Å². The summed E-state index contributed by atoms with van der Waals surface area (Å²) in [6, 6.07) is 5.47. The molecule has 0 fully saturated rings. The van der Waals surface area contributed by atoms with E-state index in [-0.39, 0.29) is 11.9 Å². The van der Waals surface area contributed by atoms with Crippen molar-refractivity contribution in [2.45, 2.75) is 26.8 Å². The van der Waals surface area contributed by atoms with Gasteiger partial charge in [-0.25, -0.2) is 0 Å². The van der Waals surface area contributed by atoms with Crippen LogP contribution in [0.5, 0.6) is 0 Å². The van der Waals surface area contributed by atoms with Crippen LogP contribution < -0.4 is 5.73 Å². The van der Waals surface area contributed by atoms with Crippen LogP contribution in [0.3, 0.4) is 0 Å². The van der Waals surface area contributed by atoms with Gasteiger partial charge in [-0.2, -0.15) is 0 Å². The maximum atomic E-state index is 12.2. The Morgan fingerprint density at radius 3 is 2.50 bits per heavy atom. The van der Waals surface area contributed by atoms with Gasteiger partial charge >= 0.3 is 0 Å². The van der Waals surface area contributed by atoms with Crippen molar-refractivity contribution >= 4 is 27.5 Å². The Bertz CT molecular complexity index is 370. The SMILES string of the molecule is CCN(C(=O)c1cc(N)cc(Br)c1)C(C)C. The van der Waals surface area contributed by atoms with Crippen molar-refractivity contribution < 1.29 is 4.79 Å². The molecule has 0 saturated heterocycles. The number of anilines is 1. The van der Waals surface area contributed by atoms with Gasteiger partial charge in [-0.1, -0.05) is 15.9 Å². The molecule has 0 aromatic heterocycles. The van der Waals surface area contributed by atoms with Crippen molar-refractivity contribution in [2.24, 2.45) is 0 Å². The summed E-state index contributed by atoms with van der Waals surface area (Å²) in [5.74, 6) is 0.0190. The highest BCUT2D eigenvalue weighted by molar-refractivity contribution is 9.10. The van der Waals surface area contributed by atoms with Gasteiger partial charge in [-0.05, 0) is 39.0 Å². The average Bonchev–Trinajstić information content (AvgIpc) is 2.16. The quantitative estimate of drug-likeness (QED) is 0.868. The Kier molecular flexibility index (Phi) is 4.35. The van der Waals surface area contributed by atoms with Gasteiger partial charge in [0.05, 0.1) is 0 Å². The lowest BCUT2D eigenvalue weighted by atomic mass is 10.1. The van der Waals surface area contributed by atoms with Crippen molar-refractivity contribution in [1.82, 2.24) is 4.90 Å². The molecule has 0 radical (unpaired) electrons. The molecule has 0 aliphatic rings. The fourth-order valence-corrected chi connectivity index (χ4v) is 2.16. The summed E-state index contributed by atoms with van der Waals surface area (Å²) >= 11 is 3.34. The maximum Gasteiger partial charge on any atom is 0.254 e. The predicted octanol–water partition coefficient (Wildman–Crippen LogP) is 2.90. The molecule has 1 aromatic carbocycles. The van der Waals surface area contributed by atoms with E-state index < -0.39 is 0 Å². The lowest BCUT2D eigenvalue weighted by Crippen LogP contribution is -2.36. The molecule has 1 amide bonds. The van der Waals surface area contributed by atoms with Gasteiger partial charge in [0.2, 0.25) is 0 Å². The molecule has 1 aromatic rings. The van der Waals surface area contributed by atoms with E-state index in [0.717, 1.165) is 4.47 Å². The van der Waals surface area contributed by atoms with Crippen LogP contribution in [-0.2, 0) is 0 Å². The van der Waals surface area contributed by atoms with Crippen LogP contribution in [0, 0.1) is 0 Å². The van der Waals surface area contributed by atoms with Crippen LogP contribution in [-0.4, -0.2) is 23.4 Å². The first-order valence-electron chi connectivity index (χ1n) is 5.32. The zero-order valence-electron chi connectivity index (χ0n) is 9.83. The van der Waals surface area contributed by atoms with Gasteiger partial charge in [0.15, 0.2) is 0 Å². The molecular weight excluding hydrogens is 268 g/mol. The fourth-order valence-electron chi connectivity index (χ4n) is 1.64. The molecule has 3 nitrogen and oxygen atoms in total. The second kappa shape index (κ2) is 5.34. The highest BCUT2D eigenvalue weighted by atomic mass is 79.9. The van der Waals surface area contributed by atoms with Crippen LogP contribution in [0.4, 0.5) is 5.69 Å². The Balaban J connectivity index is 3.03. The molecule has 0 saturated carbocycles. The van der Waals surface area contributed by atoms with Crippen molar-refractivity contribution in [2.75, 3.05) is 12.3 Å². The van der Waals surface area contributed by atoms with E-state index in [9.17, 15) is 4.79 Å². The topological polar surface area (TPSA) is 46.3 Å². The number of carbonyl (C=O) groups excluding carboxylic acids is 1. The Morgan fingerprint density at radius 2 is 2.06 bits per heavy atom. The number of nitrogen functional groups attached to an aromatic ring is 1. The second-order valence-electron chi connectivity index (χ2n) is 3.96. The number of hydrogen-bond donors (Lipinski definition) is 1. The number of rotatable bonds is 3. The zero-order valence-corrected chi connectivity index (χ0v) is 11.4. The monoisotopic (exact) mass is 284 g/mol. The number of nitrogens with two attached hydrogens (primary N) is 1. The van der Waals surface area contributed by atoms with Crippen molar-refractivity contribution in [1.29, 1.82) is 0 Å². The fraction of sp³-hybridized carbons (Fsp3) is 0.417. The summed E-state index contributed by atoms with van der Waals surface area (Å²) in [6.45, 7) is 6.67.